The van der Waals surface area contributed by atoms with Crippen molar-refractivity contribution >= 4 is 0 Å². The predicted molar refractivity (Wildman–Crippen MR) is 65.0 cm³/mol. The third-order valence-electron chi connectivity index (χ3n) is 3.65. The molecule has 82 valence electrons. The van der Waals surface area contributed by atoms with Gasteiger partial charge in [-0.2, -0.15) is 0 Å². The maximum Gasteiger partial charge on any atom is 0.000239 e. The van der Waals surface area contributed by atoms with Crippen LogP contribution >= 0.6 is 0 Å². The van der Waals surface area contributed by atoms with Gasteiger partial charge in [0.25, 0.3) is 0 Å². The number of hydrogen-bond donors (Lipinski definition) is 1. The lowest BCUT2D eigenvalue weighted by molar-refractivity contribution is 0.294. The van der Waals surface area contributed by atoms with Crippen molar-refractivity contribution in [1.29, 1.82) is 0 Å². The summed E-state index contributed by atoms with van der Waals surface area (Å²) >= 11 is 0. The van der Waals surface area contributed by atoms with Crippen LogP contribution in [0.3, 0.4) is 0 Å². The summed E-state index contributed by atoms with van der Waals surface area (Å²) < 4.78 is 0. The molecule has 1 aliphatic rings. The molecule has 1 fully saturated rings. The Kier molecular flexibility index (Phi) is 2.83. The molecule has 1 N–H and O–H groups in total. The molecule has 1 nitrogen and oxygen atoms in total. The fraction of sp³-hybridized carbons (Fsp3) is 0.571. The lowest BCUT2D eigenvalue weighted by atomic mass is 9.85. The third-order valence-corrected chi connectivity index (χ3v) is 3.65. The van der Waals surface area contributed by atoms with E-state index in [0.717, 1.165) is 18.4 Å². The first-order valence-corrected chi connectivity index (χ1v) is 5.84. The van der Waals surface area contributed by atoms with Crippen LogP contribution in [0.4, 0.5) is 0 Å². The molecule has 1 saturated carbocycles. The molecule has 0 aliphatic heterocycles. The molecule has 2 rings (SSSR count). The van der Waals surface area contributed by atoms with Crippen LogP contribution in [0.25, 0.3) is 0 Å². The van der Waals surface area contributed by atoms with Crippen molar-refractivity contribution in [3.63, 3.8) is 0 Å². The van der Waals surface area contributed by atoms with Gasteiger partial charge in [0, 0.05) is 6.54 Å². The van der Waals surface area contributed by atoms with Crippen LogP contribution in [0.15, 0.2) is 30.3 Å². The number of nitrogens with one attached hydrogen (secondary N) is 1. The Bertz CT molecular complexity index is 315. The molecule has 0 spiro atoms. The Hall–Kier alpha value is -0.820. The summed E-state index contributed by atoms with van der Waals surface area (Å²) in [5, 5.41) is 3.30. The van der Waals surface area contributed by atoms with Gasteiger partial charge in [-0.05, 0) is 36.3 Å². The van der Waals surface area contributed by atoms with E-state index in [0.29, 0.717) is 5.41 Å². The Morgan fingerprint density at radius 2 is 1.93 bits per heavy atom. The molecule has 2 unspecified atom stereocenters. The van der Waals surface area contributed by atoms with Gasteiger partial charge >= 0.3 is 0 Å². The molecule has 0 aromatic heterocycles. The highest BCUT2D eigenvalue weighted by Crippen LogP contribution is 2.56. The van der Waals surface area contributed by atoms with Crippen molar-refractivity contribution in [2.24, 2.45) is 11.3 Å². The summed E-state index contributed by atoms with van der Waals surface area (Å²) in [4.78, 5) is 0. The minimum absolute atomic E-state index is 0.426. The Labute approximate surface area is 92.9 Å². The van der Waals surface area contributed by atoms with E-state index in [1.54, 1.807) is 0 Å². The van der Waals surface area contributed by atoms with Gasteiger partial charge in [-0.1, -0.05) is 44.2 Å². The Balaban J connectivity index is 2.02. The highest BCUT2D eigenvalue weighted by molar-refractivity contribution is 5.26. The first kappa shape index (κ1) is 10.7. The molecule has 1 aliphatic carbocycles. The first-order valence-electron chi connectivity index (χ1n) is 5.84. The van der Waals surface area contributed by atoms with E-state index in [-0.39, 0.29) is 0 Å². The van der Waals surface area contributed by atoms with E-state index >= 15 is 0 Å². The maximum atomic E-state index is 3.30. The molecular weight excluding hydrogens is 182 g/mol. The van der Waals surface area contributed by atoms with Crippen molar-refractivity contribution in [1.82, 2.24) is 5.32 Å². The molecule has 2 atom stereocenters. The van der Waals surface area contributed by atoms with Crippen LogP contribution in [0.5, 0.6) is 0 Å². The minimum atomic E-state index is 0.426. The second-order valence-electron chi connectivity index (χ2n) is 5.38. The van der Waals surface area contributed by atoms with Crippen LogP contribution < -0.4 is 5.32 Å². The zero-order valence-corrected chi connectivity index (χ0v) is 9.96. The topological polar surface area (TPSA) is 12.0 Å². The first-order chi connectivity index (χ1) is 7.15. The Morgan fingerprint density at radius 3 is 2.53 bits per heavy atom. The van der Waals surface area contributed by atoms with Crippen molar-refractivity contribution in [2.75, 3.05) is 13.6 Å². The normalized spacial score (nSPS) is 25.3. The van der Waals surface area contributed by atoms with Crippen LogP contribution in [-0.4, -0.2) is 13.6 Å². The molecule has 0 saturated heterocycles. The largest absolute Gasteiger partial charge is 0.319 e. The van der Waals surface area contributed by atoms with E-state index in [1.165, 1.54) is 12.0 Å². The SMILES string of the molecule is CNCC(C)(C)C1CC1c1ccccc1. The number of rotatable bonds is 4. The highest BCUT2D eigenvalue weighted by atomic mass is 14.8. The Morgan fingerprint density at radius 1 is 1.27 bits per heavy atom. The van der Waals surface area contributed by atoms with Gasteiger partial charge in [0.1, 0.15) is 0 Å². The summed E-state index contributed by atoms with van der Waals surface area (Å²) in [5.74, 6) is 1.65. The van der Waals surface area contributed by atoms with Gasteiger partial charge in [-0.15, -0.1) is 0 Å². The van der Waals surface area contributed by atoms with Crippen LogP contribution in [0.2, 0.25) is 0 Å². The smallest absolute Gasteiger partial charge is 0.000239 e. The summed E-state index contributed by atoms with van der Waals surface area (Å²) in [6.45, 7) is 5.86. The lowest BCUT2D eigenvalue weighted by Crippen LogP contribution is -2.29. The monoisotopic (exact) mass is 203 g/mol. The molecule has 1 heteroatoms. The van der Waals surface area contributed by atoms with Gasteiger partial charge in [-0.3, -0.25) is 0 Å². The van der Waals surface area contributed by atoms with Crippen LogP contribution in [0, 0.1) is 11.3 Å². The summed E-state index contributed by atoms with van der Waals surface area (Å²) in [7, 11) is 2.04. The van der Waals surface area contributed by atoms with Gasteiger partial charge in [0.2, 0.25) is 0 Å². The molecule has 0 bridgehead atoms. The predicted octanol–water partition coefficient (Wildman–Crippen LogP) is 3.04. The molecule has 0 amide bonds. The third kappa shape index (κ3) is 2.23. The van der Waals surface area contributed by atoms with Crippen LogP contribution in [0.1, 0.15) is 31.7 Å². The van der Waals surface area contributed by atoms with Crippen molar-refractivity contribution in [3.8, 4) is 0 Å². The van der Waals surface area contributed by atoms with E-state index in [9.17, 15) is 0 Å². The molecule has 0 heterocycles. The highest BCUT2D eigenvalue weighted by Gasteiger charge is 2.47. The van der Waals surface area contributed by atoms with Gasteiger partial charge < -0.3 is 5.32 Å². The zero-order valence-electron chi connectivity index (χ0n) is 9.96. The zero-order chi connectivity index (χ0) is 10.9. The second kappa shape index (κ2) is 3.97. The quantitative estimate of drug-likeness (QED) is 0.793. The van der Waals surface area contributed by atoms with Gasteiger partial charge in [0.05, 0.1) is 0 Å². The van der Waals surface area contributed by atoms with E-state index < -0.39 is 0 Å². The number of benzene rings is 1. The standard InChI is InChI=1S/C14H21N/c1-14(2,10-15-3)13-9-12(13)11-7-5-4-6-8-11/h4-8,12-13,15H,9-10H2,1-3H3. The van der Waals surface area contributed by atoms with Crippen molar-refractivity contribution < 1.29 is 0 Å². The fourth-order valence-electron chi connectivity index (χ4n) is 2.71. The molecule has 1 aromatic rings. The van der Waals surface area contributed by atoms with Gasteiger partial charge in [0.15, 0.2) is 0 Å². The van der Waals surface area contributed by atoms with E-state index in [4.69, 9.17) is 0 Å². The van der Waals surface area contributed by atoms with Crippen molar-refractivity contribution in [3.05, 3.63) is 35.9 Å². The second-order valence-corrected chi connectivity index (χ2v) is 5.38. The average Bonchev–Trinajstić information content (AvgIpc) is 2.99. The van der Waals surface area contributed by atoms with E-state index in [2.05, 4.69) is 49.5 Å². The van der Waals surface area contributed by atoms with Gasteiger partial charge in [-0.25, -0.2) is 0 Å². The molecular formula is C14H21N. The summed E-state index contributed by atoms with van der Waals surface area (Å²) in [5.41, 5.74) is 1.95. The molecule has 1 aromatic carbocycles. The molecule has 15 heavy (non-hydrogen) atoms. The average molecular weight is 203 g/mol. The maximum absolute atomic E-state index is 3.30. The van der Waals surface area contributed by atoms with E-state index in [1.807, 2.05) is 7.05 Å². The summed E-state index contributed by atoms with van der Waals surface area (Å²) in [6.07, 6.45) is 1.36. The fourth-order valence-corrected chi connectivity index (χ4v) is 2.71. The number of hydrogen-bond acceptors (Lipinski definition) is 1. The lowest BCUT2D eigenvalue weighted by Gasteiger charge is -2.24. The molecule has 0 radical (unpaired) electrons. The minimum Gasteiger partial charge on any atom is -0.319 e. The summed E-state index contributed by atoms with van der Waals surface area (Å²) in [6, 6.07) is 10.9. The van der Waals surface area contributed by atoms with Crippen molar-refractivity contribution in [2.45, 2.75) is 26.2 Å². The van der Waals surface area contributed by atoms with Crippen LogP contribution in [-0.2, 0) is 0 Å².